The molecule has 0 spiro atoms. The molecule has 18 heavy (non-hydrogen) atoms. The van der Waals surface area contributed by atoms with Gasteiger partial charge in [0.2, 0.25) is 0 Å². The molecule has 1 rings (SSSR count). The zero-order valence-corrected chi connectivity index (χ0v) is 11.7. The van der Waals surface area contributed by atoms with E-state index < -0.39 is 0 Å². The van der Waals surface area contributed by atoms with Crippen LogP contribution in [0.2, 0.25) is 0 Å². The van der Waals surface area contributed by atoms with Gasteiger partial charge in [0.25, 0.3) is 0 Å². The van der Waals surface area contributed by atoms with Crippen molar-refractivity contribution in [2.24, 2.45) is 10.7 Å². The molecule has 0 fully saturated rings. The van der Waals surface area contributed by atoms with Crippen LogP contribution in [0.15, 0.2) is 29.3 Å². The van der Waals surface area contributed by atoms with Gasteiger partial charge in [-0.25, -0.2) is 0 Å². The minimum absolute atomic E-state index is 0.0479. The normalized spacial score (nSPS) is 12.3. The van der Waals surface area contributed by atoms with E-state index in [9.17, 15) is 0 Å². The summed E-state index contributed by atoms with van der Waals surface area (Å²) in [6, 6.07) is 8.00. The highest BCUT2D eigenvalue weighted by molar-refractivity contribution is 5.78. The van der Waals surface area contributed by atoms with Gasteiger partial charge in [-0.3, -0.25) is 4.99 Å². The van der Waals surface area contributed by atoms with Gasteiger partial charge in [0.15, 0.2) is 5.96 Å². The van der Waals surface area contributed by atoms with E-state index in [4.69, 9.17) is 10.5 Å². The van der Waals surface area contributed by atoms with Crippen LogP contribution >= 0.6 is 0 Å². The Bertz CT molecular complexity index is 390. The van der Waals surface area contributed by atoms with Crippen LogP contribution in [0.1, 0.15) is 26.3 Å². The van der Waals surface area contributed by atoms with Gasteiger partial charge >= 0.3 is 0 Å². The van der Waals surface area contributed by atoms with Crippen molar-refractivity contribution < 1.29 is 4.74 Å². The second-order valence-corrected chi connectivity index (χ2v) is 5.24. The van der Waals surface area contributed by atoms with Gasteiger partial charge in [-0.2, -0.15) is 0 Å². The van der Waals surface area contributed by atoms with Crippen LogP contribution in [0.3, 0.4) is 0 Å². The fourth-order valence-electron chi connectivity index (χ4n) is 1.52. The van der Waals surface area contributed by atoms with E-state index in [1.54, 1.807) is 7.11 Å². The lowest BCUT2D eigenvalue weighted by atomic mass is 10.1. The predicted octanol–water partition coefficient (Wildman–Crippen LogP) is 1.94. The van der Waals surface area contributed by atoms with Gasteiger partial charge in [-0.1, -0.05) is 12.1 Å². The molecule has 1 aromatic carbocycles. The van der Waals surface area contributed by atoms with E-state index in [1.165, 1.54) is 5.56 Å². The van der Waals surface area contributed by atoms with Crippen LogP contribution in [-0.4, -0.2) is 25.2 Å². The second kappa shape index (κ2) is 6.28. The minimum atomic E-state index is -0.0479. The average molecular weight is 249 g/mol. The fraction of sp³-hybridized carbons (Fsp3) is 0.500. The van der Waals surface area contributed by atoms with E-state index in [1.807, 2.05) is 24.3 Å². The number of rotatable bonds is 4. The zero-order valence-electron chi connectivity index (χ0n) is 11.7. The first kappa shape index (κ1) is 14.4. The Balaban J connectivity index is 2.42. The van der Waals surface area contributed by atoms with E-state index in [2.05, 4.69) is 31.1 Å². The third-order valence-corrected chi connectivity index (χ3v) is 2.34. The van der Waals surface area contributed by atoms with Crippen LogP contribution in [-0.2, 0) is 6.42 Å². The fourth-order valence-corrected chi connectivity index (χ4v) is 1.52. The van der Waals surface area contributed by atoms with Crippen molar-refractivity contribution in [1.29, 1.82) is 0 Å². The quantitative estimate of drug-likeness (QED) is 0.633. The predicted molar refractivity (Wildman–Crippen MR) is 76.1 cm³/mol. The molecule has 0 saturated heterocycles. The van der Waals surface area contributed by atoms with Gasteiger partial charge in [0.05, 0.1) is 7.11 Å². The molecular formula is C14H23N3O. The molecule has 0 aliphatic rings. The number of nitrogens with one attached hydrogen (secondary N) is 1. The van der Waals surface area contributed by atoms with Gasteiger partial charge in [-0.05, 0) is 44.9 Å². The SMILES string of the molecule is COc1ccc(CCN=C(N)NC(C)(C)C)cc1. The van der Waals surface area contributed by atoms with E-state index in [-0.39, 0.29) is 5.54 Å². The van der Waals surface area contributed by atoms with Crippen molar-refractivity contribution in [2.75, 3.05) is 13.7 Å². The Hall–Kier alpha value is -1.71. The molecule has 3 N–H and O–H groups in total. The standard InChI is InChI=1S/C14H23N3O/c1-14(2,3)17-13(15)16-10-9-11-5-7-12(18-4)8-6-11/h5-8H,9-10H2,1-4H3,(H3,15,16,17). The lowest BCUT2D eigenvalue weighted by Gasteiger charge is -2.20. The smallest absolute Gasteiger partial charge is 0.188 e. The Morgan fingerprint density at radius 3 is 2.39 bits per heavy atom. The molecule has 0 radical (unpaired) electrons. The van der Waals surface area contributed by atoms with E-state index in [0.717, 1.165) is 12.2 Å². The maximum atomic E-state index is 5.79. The topological polar surface area (TPSA) is 59.6 Å². The van der Waals surface area contributed by atoms with Crippen molar-refractivity contribution in [2.45, 2.75) is 32.7 Å². The Morgan fingerprint density at radius 2 is 1.89 bits per heavy atom. The molecule has 1 aromatic rings. The van der Waals surface area contributed by atoms with Crippen LogP contribution < -0.4 is 15.8 Å². The first-order valence-corrected chi connectivity index (χ1v) is 6.12. The molecule has 0 aliphatic heterocycles. The molecule has 0 unspecified atom stereocenters. The van der Waals surface area contributed by atoms with Crippen molar-refractivity contribution in [3.05, 3.63) is 29.8 Å². The van der Waals surface area contributed by atoms with Gasteiger partial charge in [-0.15, -0.1) is 0 Å². The van der Waals surface area contributed by atoms with Crippen LogP contribution in [0.4, 0.5) is 0 Å². The molecule has 0 saturated carbocycles. The largest absolute Gasteiger partial charge is 0.497 e. The molecule has 0 bridgehead atoms. The summed E-state index contributed by atoms with van der Waals surface area (Å²) in [5, 5.41) is 3.13. The third kappa shape index (κ3) is 5.57. The van der Waals surface area contributed by atoms with Crippen LogP contribution in [0.25, 0.3) is 0 Å². The Morgan fingerprint density at radius 1 is 1.28 bits per heavy atom. The first-order chi connectivity index (χ1) is 8.40. The second-order valence-electron chi connectivity index (χ2n) is 5.24. The summed E-state index contributed by atoms with van der Waals surface area (Å²) in [5.74, 6) is 1.37. The van der Waals surface area contributed by atoms with E-state index >= 15 is 0 Å². The number of ether oxygens (including phenoxy) is 1. The Labute approximate surface area is 109 Å². The highest BCUT2D eigenvalue weighted by atomic mass is 16.5. The molecule has 0 atom stereocenters. The molecule has 4 nitrogen and oxygen atoms in total. The third-order valence-electron chi connectivity index (χ3n) is 2.34. The first-order valence-electron chi connectivity index (χ1n) is 6.12. The number of nitrogens with zero attached hydrogens (tertiary/aromatic N) is 1. The molecule has 0 aliphatic carbocycles. The zero-order chi connectivity index (χ0) is 13.6. The molecule has 100 valence electrons. The number of hydrogen-bond donors (Lipinski definition) is 2. The molecule has 0 amide bonds. The highest BCUT2D eigenvalue weighted by Crippen LogP contribution is 2.11. The number of nitrogens with two attached hydrogens (primary N) is 1. The molecular weight excluding hydrogens is 226 g/mol. The van der Waals surface area contributed by atoms with Gasteiger partial charge in [0, 0.05) is 12.1 Å². The highest BCUT2D eigenvalue weighted by Gasteiger charge is 2.09. The average Bonchev–Trinajstić information content (AvgIpc) is 2.27. The maximum Gasteiger partial charge on any atom is 0.188 e. The number of benzene rings is 1. The summed E-state index contributed by atoms with van der Waals surface area (Å²) < 4.78 is 5.11. The summed E-state index contributed by atoms with van der Waals surface area (Å²) in [7, 11) is 1.66. The summed E-state index contributed by atoms with van der Waals surface area (Å²) in [6.07, 6.45) is 0.872. The molecule has 4 heteroatoms. The number of aliphatic imine (C=N–C) groups is 1. The molecule has 0 aromatic heterocycles. The van der Waals surface area contributed by atoms with Crippen molar-refractivity contribution in [3.63, 3.8) is 0 Å². The lowest BCUT2D eigenvalue weighted by molar-refractivity contribution is 0.414. The van der Waals surface area contributed by atoms with E-state index in [0.29, 0.717) is 12.5 Å². The lowest BCUT2D eigenvalue weighted by Crippen LogP contribution is -2.45. The number of methoxy groups -OCH3 is 1. The van der Waals surface area contributed by atoms with Gasteiger partial charge in [0.1, 0.15) is 5.75 Å². The number of hydrogen-bond acceptors (Lipinski definition) is 2. The summed E-state index contributed by atoms with van der Waals surface area (Å²) >= 11 is 0. The minimum Gasteiger partial charge on any atom is -0.497 e. The van der Waals surface area contributed by atoms with Crippen LogP contribution in [0, 0.1) is 0 Å². The Kier molecular flexibility index (Phi) is 5.01. The summed E-state index contributed by atoms with van der Waals surface area (Å²) in [6.45, 7) is 6.85. The van der Waals surface area contributed by atoms with Crippen molar-refractivity contribution in [3.8, 4) is 5.75 Å². The number of guanidine groups is 1. The summed E-state index contributed by atoms with van der Waals surface area (Å²) in [5.41, 5.74) is 6.97. The summed E-state index contributed by atoms with van der Waals surface area (Å²) in [4.78, 5) is 4.30. The molecule has 0 heterocycles. The van der Waals surface area contributed by atoms with Crippen LogP contribution in [0.5, 0.6) is 5.75 Å². The van der Waals surface area contributed by atoms with Gasteiger partial charge < -0.3 is 15.8 Å². The van der Waals surface area contributed by atoms with Crippen molar-refractivity contribution in [1.82, 2.24) is 5.32 Å². The maximum absolute atomic E-state index is 5.79. The van der Waals surface area contributed by atoms with Crippen molar-refractivity contribution >= 4 is 5.96 Å². The monoisotopic (exact) mass is 249 g/mol.